The average Bonchev–Trinajstić information content (AvgIpc) is 2.94. The van der Waals surface area contributed by atoms with Gasteiger partial charge in [-0.25, -0.2) is 0 Å². The molecule has 3 unspecified atom stereocenters. The second-order valence-corrected chi connectivity index (χ2v) is 8.16. The van der Waals surface area contributed by atoms with E-state index in [0.29, 0.717) is 29.6 Å². The Labute approximate surface area is 169 Å². The van der Waals surface area contributed by atoms with E-state index in [0.717, 1.165) is 36.4 Å². The monoisotopic (exact) mass is 398 g/mol. The fourth-order valence-electron chi connectivity index (χ4n) is 4.56. The summed E-state index contributed by atoms with van der Waals surface area (Å²) in [5.41, 5.74) is 1.46. The van der Waals surface area contributed by atoms with Crippen molar-refractivity contribution in [3.8, 4) is 0 Å². The Bertz CT molecular complexity index is 868. The Balaban J connectivity index is 1.47. The first kappa shape index (κ1) is 19.7. The van der Waals surface area contributed by atoms with E-state index in [1.165, 1.54) is 0 Å². The zero-order valence-corrected chi connectivity index (χ0v) is 16.5. The van der Waals surface area contributed by atoms with E-state index >= 15 is 0 Å². The van der Waals surface area contributed by atoms with Gasteiger partial charge in [-0.3, -0.25) is 29.4 Å². The van der Waals surface area contributed by atoms with Crippen LogP contribution in [0.5, 0.6) is 0 Å². The van der Waals surface area contributed by atoms with E-state index in [1.54, 1.807) is 12.1 Å². The molecule has 3 atom stereocenters. The van der Waals surface area contributed by atoms with Gasteiger partial charge in [0.1, 0.15) is 6.04 Å². The normalized spacial score (nSPS) is 27.2. The first-order valence-electron chi connectivity index (χ1n) is 10.2. The van der Waals surface area contributed by atoms with Gasteiger partial charge in [0, 0.05) is 19.0 Å². The molecule has 0 spiro atoms. The van der Waals surface area contributed by atoms with E-state index in [4.69, 9.17) is 0 Å². The second-order valence-electron chi connectivity index (χ2n) is 8.16. The first-order valence-corrected chi connectivity index (χ1v) is 10.2. The molecule has 8 heteroatoms. The van der Waals surface area contributed by atoms with Crippen molar-refractivity contribution in [2.24, 2.45) is 5.92 Å². The Morgan fingerprint density at radius 2 is 1.97 bits per heavy atom. The number of imide groups is 2. The van der Waals surface area contributed by atoms with Gasteiger partial charge in [-0.15, -0.1) is 0 Å². The van der Waals surface area contributed by atoms with Crippen LogP contribution in [0.15, 0.2) is 18.2 Å². The summed E-state index contributed by atoms with van der Waals surface area (Å²) in [6.45, 7) is 4.55. The van der Waals surface area contributed by atoms with Crippen LogP contribution in [0.2, 0.25) is 0 Å². The Hall–Kier alpha value is -2.58. The fourth-order valence-corrected chi connectivity index (χ4v) is 4.56. The number of nitrogens with one attached hydrogen (secondary N) is 3. The third kappa shape index (κ3) is 3.82. The van der Waals surface area contributed by atoms with E-state index < -0.39 is 23.8 Å². The molecule has 3 aliphatic heterocycles. The van der Waals surface area contributed by atoms with Gasteiger partial charge in [0.05, 0.1) is 11.1 Å². The smallest absolute Gasteiger partial charge is 0.262 e. The van der Waals surface area contributed by atoms with Crippen LogP contribution in [0.3, 0.4) is 0 Å². The van der Waals surface area contributed by atoms with Crippen molar-refractivity contribution in [2.45, 2.75) is 51.2 Å². The lowest BCUT2D eigenvalue weighted by molar-refractivity contribution is -0.136. The number of amides is 4. The molecule has 3 N–H and O–H groups in total. The molecular formula is C21H26N4O4. The summed E-state index contributed by atoms with van der Waals surface area (Å²) in [6.07, 6.45) is 2.51. The summed E-state index contributed by atoms with van der Waals surface area (Å²) in [5.74, 6) is -1.29. The predicted octanol–water partition coefficient (Wildman–Crippen LogP) is 0.566. The van der Waals surface area contributed by atoms with Gasteiger partial charge in [0.25, 0.3) is 11.8 Å². The number of rotatable bonds is 5. The maximum atomic E-state index is 13.1. The number of piperidine rings is 2. The van der Waals surface area contributed by atoms with Crippen LogP contribution in [0.25, 0.3) is 0 Å². The number of carbonyl (C=O) groups excluding carboxylic acids is 4. The van der Waals surface area contributed by atoms with Crippen molar-refractivity contribution >= 4 is 23.6 Å². The summed E-state index contributed by atoms with van der Waals surface area (Å²) < 4.78 is 0. The summed E-state index contributed by atoms with van der Waals surface area (Å²) in [5, 5.41) is 9.09. The van der Waals surface area contributed by atoms with Crippen LogP contribution in [-0.2, 0) is 16.1 Å². The number of nitrogens with zero attached hydrogens (tertiary/aromatic N) is 1. The molecule has 1 aromatic rings. The van der Waals surface area contributed by atoms with Crippen LogP contribution in [0, 0.1) is 5.92 Å². The minimum Gasteiger partial charge on any atom is -0.314 e. The third-order valence-corrected chi connectivity index (χ3v) is 6.04. The van der Waals surface area contributed by atoms with Crippen LogP contribution in [0.1, 0.15) is 58.9 Å². The van der Waals surface area contributed by atoms with E-state index in [-0.39, 0.29) is 18.7 Å². The lowest BCUT2D eigenvalue weighted by atomic mass is 9.93. The van der Waals surface area contributed by atoms with Gasteiger partial charge in [0.15, 0.2) is 0 Å². The van der Waals surface area contributed by atoms with Crippen LogP contribution < -0.4 is 16.0 Å². The first-order chi connectivity index (χ1) is 14.0. The van der Waals surface area contributed by atoms with Crippen molar-refractivity contribution in [1.82, 2.24) is 20.9 Å². The standard InChI is InChI=1S/C21H26N4O4/c1-12-9-13(7-8-23-12)10-22-11-14-3-2-4-15-18(14)21(29)25(20(15)28)16-5-6-17(26)24-19(16)27/h2-4,12-13,16,22-23H,5-11H2,1H3,(H,24,26,27). The fraction of sp³-hybridized carbons (Fsp3) is 0.524. The van der Waals surface area contributed by atoms with Gasteiger partial charge >= 0.3 is 0 Å². The zero-order chi connectivity index (χ0) is 20.5. The van der Waals surface area contributed by atoms with Gasteiger partial charge in [-0.05, 0) is 56.8 Å². The summed E-state index contributed by atoms with van der Waals surface area (Å²) >= 11 is 0. The molecule has 1 aromatic carbocycles. The van der Waals surface area contributed by atoms with Crippen molar-refractivity contribution in [3.63, 3.8) is 0 Å². The highest BCUT2D eigenvalue weighted by molar-refractivity contribution is 6.24. The largest absolute Gasteiger partial charge is 0.314 e. The molecule has 0 aliphatic carbocycles. The van der Waals surface area contributed by atoms with E-state index in [9.17, 15) is 19.2 Å². The van der Waals surface area contributed by atoms with Crippen molar-refractivity contribution in [2.75, 3.05) is 13.1 Å². The Morgan fingerprint density at radius 1 is 1.14 bits per heavy atom. The lowest BCUT2D eigenvalue weighted by Crippen LogP contribution is -2.54. The number of hydrogen-bond donors (Lipinski definition) is 3. The minimum atomic E-state index is -0.933. The van der Waals surface area contributed by atoms with Crippen LogP contribution >= 0.6 is 0 Å². The maximum Gasteiger partial charge on any atom is 0.262 e. The van der Waals surface area contributed by atoms with E-state index in [1.807, 2.05) is 6.07 Å². The molecule has 8 nitrogen and oxygen atoms in total. The Morgan fingerprint density at radius 3 is 2.72 bits per heavy atom. The van der Waals surface area contributed by atoms with Crippen LogP contribution in [0.4, 0.5) is 0 Å². The van der Waals surface area contributed by atoms with Gasteiger partial charge < -0.3 is 10.6 Å². The number of carbonyl (C=O) groups is 4. The summed E-state index contributed by atoms with van der Waals surface area (Å²) in [4.78, 5) is 50.5. The highest BCUT2D eigenvalue weighted by Crippen LogP contribution is 2.30. The van der Waals surface area contributed by atoms with Crippen molar-refractivity contribution in [3.05, 3.63) is 34.9 Å². The highest BCUT2D eigenvalue weighted by Gasteiger charge is 2.45. The topological polar surface area (TPSA) is 108 Å². The van der Waals surface area contributed by atoms with Crippen LogP contribution in [-0.4, -0.2) is 53.7 Å². The second kappa shape index (κ2) is 8.04. The molecule has 154 valence electrons. The van der Waals surface area contributed by atoms with Gasteiger partial charge in [-0.2, -0.15) is 0 Å². The minimum absolute atomic E-state index is 0.118. The molecule has 2 fully saturated rings. The SMILES string of the molecule is CC1CC(CNCc2cccc3c2C(=O)N(C2CCC(=O)NC2=O)C3=O)CCN1. The highest BCUT2D eigenvalue weighted by atomic mass is 16.2. The zero-order valence-electron chi connectivity index (χ0n) is 16.5. The molecule has 4 amide bonds. The predicted molar refractivity (Wildman–Crippen MR) is 105 cm³/mol. The molecule has 0 saturated carbocycles. The number of fused-ring (bicyclic) bond motifs is 1. The Kier molecular flexibility index (Phi) is 5.47. The van der Waals surface area contributed by atoms with Crippen molar-refractivity contribution < 1.29 is 19.2 Å². The summed E-state index contributed by atoms with van der Waals surface area (Å²) in [6, 6.07) is 4.81. The summed E-state index contributed by atoms with van der Waals surface area (Å²) in [7, 11) is 0. The molecule has 3 aliphatic rings. The lowest BCUT2D eigenvalue weighted by Gasteiger charge is -2.28. The maximum absolute atomic E-state index is 13.1. The molecule has 0 bridgehead atoms. The molecule has 0 aromatic heterocycles. The average molecular weight is 398 g/mol. The van der Waals surface area contributed by atoms with Crippen molar-refractivity contribution in [1.29, 1.82) is 0 Å². The molecule has 0 radical (unpaired) electrons. The van der Waals surface area contributed by atoms with Gasteiger partial charge in [-0.1, -0.05) is 12.1 Å². The molecular weight excluding hydrogens is 372 g/mol. The number of hydrogen-bond acceptors (Lipinski definition) is 6. The van der Waals surface area contributed by atoms with E-state index in [2.05, 4.69) is 22.9 Å². The number of benzene rings is 1. The molecule has 2 saturated heterocycles. The molecule has 29 heavy (non-hydrogen) atoms. The molecule has 3 heterocycles. The molecule has 4 rings (SSSR count). The third-order valence-electron chi connectivity index (χ3n) is 6.04. The quantitative estimate of drug-likeness (QED) is 0.626. The van der Waals surface area contributed by atoms with Gasteiger partial charge in [0.2, 0.25) is 11.8 Å².